The lowest BCUT2D eigenvalue weighted by Crippen LogP contribution is -2.13. The molecule has 1 heterocycles. The van der Waals surface area contributed by atoms with Gasteiger partial charge in [0.15, 0.2) is 0 Å². The molecule has 1 aliphatic rings. The number of nitrogens with zero attached hydrogens (tertiary/aromatic N) is 1. The van der Waals surface area contributed by atoms with Crippen molar-refractivity contribution < 1.29 is 0 Å². The van der Waals surface area contributed by atoms with E-state index >= 15 is 0 Å². The number of hydrogen-bond acceptors (Lipinski definition) is 2. The number of aromatic nitrogens is 2. The van der Waals surface area contributed by atoms with Crippen molar-refractivity contribution in [2.45, 2.75) is 25.7 Å². The Morgan fingerprint density at radius 3 is 2.75 bits per heavy atom. The molecule has 0 bridgehead atoms. The lowest BCUT2D eigenvalue weighted by Gasteiger charge is -1.99. The second-order valence-electron chi connectivity index (χ2n) is 3.12. The smallest absolute Gasteiger partial charge is 0.269 e. The van der Waals surface area contributed by atoms with Gasteiger partial charge in [0, 0.05) is 5.92 Å². The molecule has 1 aliphatic carbocycles. The molecule has 0 radical (unpaired) electrons. The molecule has 1 N–H and O–H groups in total. The van der Waals surface area contributed by atoms with Gasteiger partial charge in [0.05, 0.1) is 5.69 Å². The second-order valence-corrected chi connectivity index (χ2v) is 3.50. The summed E-state index contributed by atoms with van der Waals surface area (Å²) in [4.78, 5) is 18.1. The summed E-state index contributed by atoms with van der Waals surface area (Å²) in [6.45, 7) is 1.75. The average Bonchev–Trinajstić information content (AvgIpc) is 2.81. The van der Waals surface area contributed by atoms with E-state index in [2.05, 4.69) is 9.97 Å². The van der Waals surface area contributed by atoms with E-state index < -0.39 is 0 Å². The van der Waals surface area contributed by atoms with Crippen LogP contribution in [0.4, 0.5) is 0 Å². The van der Waals surface area contributed by atoms with Crippen LogP contribution in [0.1, 0.15) is 30.3 Å². The van der Waals surface area contributed by atoms with E-state index in [1.165, 1.54) is 0 Å². The number of rotatable bonds is 1. The Morgan fingerprint density at radius 2 is 2.25 bits per heavy atom. The monoisotopic (exact) mass is 184 g/mol. The molecule has 1 aromatic rings. The van der Waals surface area contributed by atoms with Crippen molar-refractivity contribution >= 4 is 11.6 Å². The lowest BCUT2D eigenvalue weighted by atomic mass is 10.3. The van der Waals surface area contributed by atoms with Crippen LogP contribution < -0.4 is 5.56 Å². The van der Waals surface area contributed by atoms with Gasteiger partial charge in [0.1, 0.15) is 10.8 Å². The van der Waals surface area contributed by atoms with Crippen molar-refractivity contribution in [3.05, 3.63) is 26.9 Å². The summed E-state index contributed by atoms with van der Waals surface area (Å²) in [7, 11) is 0. The number of halogens is 1. The van der Waals surface area contributed by atoms with E-state index in [0.29, 0.717) is 11.6 Å². The molecule has 1 fully saturated rings. The maximum atomic E-state index is 11.2. The molecule has 0 unspecified atom stereocenters. The Bertz CT molecular complexity index is 368. The minimum atomic E-state index is -0.217. The highest BCUT2D eigenvalue weighted by Gasteiger charge is 2.26. The quantitative estimate of drug-likeness (QED) is 0.721. The summed E-state index contributed by atoms with van der Waals surface area (Å²) in [5.41, 5.74) is 0.411. The Morgan fingerprint density at radius 1 is 1.58 bits per heavy atom. The largest absolute Gasteiger partial charge is 0.309 e. The van der Waals surface area contributed by atoms with Gasteiger partial charge in [-0.25, -0.2) is 4.98 Å². The third kappa shape index (κ3) is 1.25. The maximum absolute atomic E-state index is 11.2. The van der Waals surface area contributed by atoms with E-state index in [1.807, 2.05) is 0 Å². The molecular weight excluding hydrogens is 176 g/mol. The molecule has 4 heteroatoms. The fraction of sp³-hybridized carbons (Fsp3) is 0.500. The summed E-state index contributed by atoms with van der Waals surface area (Å²) in [5.74, 6) is 1.26. The number of H-pyrrole nitrogens is 1. The van der Waals surface area contributed by atoms with Crippen LogP contribution in [-0.4, -0.2) is 9.97 Å². The molecule has 2 rings (SSSR count). The van der Waals surface area contributed by atoms with Crippen molar-refractivity contribution in [1.29, 1.82) is 0 Å². The Kier molecular flexibility index (Phi) is 1.68. The normalized spacial score (nSPS) is 16.5. The van der Waals surface area contributed by atoms with E-state index in [-0.39, 0.29) is 10.6 Å². The first-order chi connectivity index (χ1) is 5.68. The first-order valence-corrected chi connectivity index (χ1v) is 4.32. The highest BCUT2D eigenvalue weighted by Crippen LogP contribution is 2.37. The van der Waals surface area contributed by atoms with Crippen molar-refractivity contribution in [3.63, 3.8) is 0 Å². The number of aromatic amines is 1. The van der Waals surface area contributed by atoms with Gasteiger partial charge in [-0.1, -0.05) is 11.6 Å². The first-order valence-electron chi connectivity index (χ1n) is 3.95. The molecular formula is C8H9ClN2O. The Labute approximate surface area is 74.8 Å². The highest BCUT2D eigenvalue weighted by molar-refractivity contribution is 6.30. The third-order valence-electron chi connectivity index (χ3n) is 2.01. The molecule has 0 atom stereocenters. The topological polar surface area (TPSA) is 45.8 Å². The van der Waals surface area contributed by atoms with Crippen LogP contribution in [0.25, 0.3) is 0 Å². The zero-order chi connectivity index (χ0) is 8.72. The number of aryl methyl sites for hydroxylation is 1. The number of hydrogen-bond donors (Lipinski definition) is 1. The Hall–Kier alpha value is -0.830. The standard InChI is InChI=1S/C8H9ClN2O/c1-4-6(9)8(12)11-7(10-4)5-2-3-5/h5H,2-3H2,1H3,(H,10,11,12). The minimum absolute atomic E-state index is 0.208. The summed E-state index contributed by atoms with van der Waals surface area (Å²) >= 11 is 5.67. The fourth-order valence-corrected chi connectivity index (χ4v) is 1.23. The molecule has 0 saturated heterocycles. The lowest BCUT2D eigenvalue weighted by molar-refractivity contribution is 0.888. The summed E-state index contributed by atoms with van der Waals surface area (Å²) < 4.78 is 0. The van der Waals surface area contributed by atoms with E-state index in [4.69, 9.17) is 11.6 Å². The van der Waals surface area contributed by atoms with Gasteiger partial charge < -0.3 is 4.98 Å². The molecule has 1 aromatic heterocycles. The van der Waals surface area contributed by atoms with Crippen molar-refractivity contribution in [2.75, 3.05) is 0 Å². The van der Waals surface area contributed by atoms with Crippen LogP contribution in [0.2, 0.25) is 5.02 Å². The van der Waals surface area contributed by atoms with Crippen LogP contribution in [0, 0.1) is 6.92 Å². The molecule has 0 amide bonds. The van der Waals surface area contributed by atoms with Crippen molar-refractivity contribution in [2.24, 2.45) is 0 Å². The van der Waals surface area contributed by atoms with Gasteiger partial charge in [0.25, 0.3) is 5.56 Å². The van der Waals surface area contributed by atoms with Gasteiger partial charge in [0.2, 0.25) is 0 Å². The van der Waals surface area contributed by atoms with Gasteiger partial charge in [-0.05, 0) is 19.8 Å². The van der Waals surface area contributed by atoms with E-state index in [1.54, 1.807) is 6.92 Å². The van der Waals surface area contributed by atoms with Crippen molar-refractivity contribution in [3.8, 4) is 0 Å². The van der Waals surface area contributed by atoms with Gasteiger partial charge in [-0.15, -0.1) is 0 Å². The molecule has 12 heavy (non-hydrogen) atoms. The molecule has 0 spiro atoms. The van der Waals surface area contributed by atoms with Crippen LogP contribution in [0.5, 0.6) is 0 Å². The van der Waals surface area contributed by atoms with Gasteiger partial charge in [-0.2, -0.15) is 0 Å². The molecule has 0 aromatic carbocycles. The van der Waals surface area contributed by atoms with Gasteiger partial charge in [-0.3, -0.25) is 4.79 Å². The minimum Gasteiger partial charge on any atom is -0.309 e. The van der Waals surface area contributed by atoms with Crippen LogP contribution in [0.15, 0.2) is 4.79 Å². The third-order valence-corrected chi connectivity index (χ3v) is 2.46. The molecule has 3 nitrogen and oxygen atoms in total. The van der Waals surface area contributed by atoms with E-state index in [0.717, 1.165) is 18.7 Å². The summed E-state index contributed by atoms with van der Waals surface area (Å²) in [6, 6.07) is 0. The first kappa shape index (κ1) is 7.80. The fourth-order valence-electron chi connectivity index (χ4n) is 1.14. The molecule has 0 aliphatic heterocycles. The van der Waals surface area contributed by atoms with E-state index in [9.17, 15) is 4.79 Å². The molecule has 1 saturated carbocycles. The highest BCUT2D eigenvalue weighted by atomic mass is 35.5. The average molecular weight is 185 g/mol. The SMILES string of the molecule is Cc1nc(C2CC2)[nH]c(=O)c1Cl. The Balaban J connectivity index is 2.53. The summed E-state index contributed by atoms with van der Waals surface area (Å²) in [6.07, 6.45) is 2.26. The predicted octanol–water partition coefficient (Wildman–Crippen LogP) is 1.61. The zero-order valence-electron chi connectivity index (χ0n) is 6.72. The van der Waals surface area contributed by atoms with Crippen LogP contribution in [-0.2, 0) is 0 Å². The number of nitrogens with one attached hydrogen (secondary N) is 1. The van der Waals surface area contributed by atoms with Crippen LogP contribution >= 0.6 is 11.6 Å². The molecule has 64 valence electrons. The predicted molar refractivity (Wildman–Crippen MR) is 46.6 cm³/mol. The second kappa shape index (κ2) is 2.59. The van der Waals surface area contributed by atoms with Crippen molar-refractivity contribution in [1.82, 2.24) is 9.97 Å². The van der Waals surface area contributed by atoms with Gasteiger partial charge >= 0.3 is 0 Å². The summed E-state index contributed by atoms with van der Waals surface area (Å²) in [5, 5.41) is 0.208. The maximum Gasteiger partial charge on any atom is 0.269 e. The van der Waals surface area contributed by atoms with Crippen LogP contribution in [0.3, 0.4) is 0 Å². The zero-order valence-corrected chi connectivity index (χ0v) is 7.48.